The zero-order valence-electron chi connectivity index (χ0n) is 17.5. The first kappa shape index (κ1) is 27.6. The van der Waals surface area contributed by atoms with E-state index >= 15 is 0 Å². The molecule has 0 saturated carbocycles. The zero-order valence-corrected chi connectivity index (χ0v) is 19.1. The average molecular weight is 448 g/mol. The number of amides is 2. The second-order valence-electron chi connectivity index (χ2n) is 7.25. The minimum absolute atomic E-state index is 0. The van der Waals surface area contributed by atoms with Crippen molar-refractivity contribution < 1.29 is 9.59 Å². The molecule has 2 rings (SSSR count). The van der Waals surface area contributed by atoms with Gasteiger partial charge in [-0.05, 0) is 12.0 Å². The largest absolute Gasteiger partial charge is 0.348 e. The minimum atomic E-state index is 0. The van der Waals surface area contributed by atoms with Crippen molar-refractivity contribution in [3.63, 3.8) is 0 Å². The standard InChI is InChI=1S/C20H33N5O2.2ClH/c1-22(2)19(26)16-24-12-14-25(15-13-24)20(27)17-23(11-9-21)10-8-18-6-4-3-5-7-18;;/h3-7H,8-17,21H2,1-2H3;2*1H. The Morgan fingerprint density at radius 2 is 1.62 bits per heavy atom. The van der Waals surface area contributed by atoms with E-state index in [0.717, 1.165) is 32.6 Å². The first-order valence-corrected chi connectivity index (χ1v) is 9.66. The van der Waals surface area contributed by atoms with Gasteiger partial charge in [-0.2, -0.15) is 0 Å². The summed E-state index contributed by atoms with van der Waals surface area (Å²) in [7, 11) is 3.53. The van der Waals surface area contributed by atoms with Crippen molar-refractivity contribution in [1.29, 1.82) is 0 Å². The minimum Gasteiger partial charge on any atom is -0.348 e. The molecule has 7 nitrogen and oxygen atoms in total. The molecule has 1 aliphatic heterocycles. The summed E-state index contributed by atoms with van der Waals surface area (Å²) in [5, 5.41) is 0. The highest BCUT2D eigenvalue weighted by Crippen LogP contribution is 2.05. The fraction of sp³-hybridized carbons (Fsp3) is 0.600. The molecule has 1 saturated heterocycles. The monoisotopic (exact) mass is 447 g/mol. The van der Waals surface area contributed by atoms with E-state index in [0.29, 0.717) is 32.7 Å². The molecule has 1 heterocycles. The Morgan fingerprint density at radius 1 is 1.00 bits per heavy atom. The number of hydrogen-bond donors (Lipinski definition) is 1. The lowest BCUT2D eigenvalue weighted by Gasteiger charge is -2.35. The zero-order chi connectivity index (χ0) is 19.6. The number of rotatable bonds is 9. The summed E-state index contributed by atoms with van der Waals surface area (Å²) in [4.78, 5) is 32.3. The Bertz CT molecular complexity index is 596. The molecule has 166 valence electrons. The number of nitrogens with two attached hydrogens (primary N) is 1. The number of carbonyl (C=O) groups is 2. The average Bonchev–Trinajstić information content (AvgIpc) is 2.67. The van der Waals surface area contributed by atoms with Gasteiger partial charge in [-0.15, -0.1) is 24.8 Å². The van der Waals surface area contributed by atoms with Crippen LogP contribution in [0.3, 0.4) is 0 Å². The number of benzene rings is 1. The quantitative estimate of drug-likeness (QED) is 0.598. The second kappa shape index (κ2) is 14.6. The van der Waals surface area contributed by atoms with Crippen LogP contribution in [0, 0.1) is 0 Å². The van der Waals surface area contributed by atoms with Crippen molar-refractivity contribution in [3.8, 4) is 0 Å². The molecule has 29 heavy (non-hydrogen) atoms. The number of nitrogens with zero attached hydrogens (tertiary/aromatic N) is 4. The molecule has 0 unspecified atom stereocenters. The van der Waals surface area contributed by atoms with Crippen LogP contribution in [0.5, 0.6) is 0 Å². The fourth-order valence-corrected chi connectivity index (χ4v) is 3.16. The lowest BCUT2D eigenvalue weighted by Crippen LogP contribution is -2.53. The Hall–Kier alpha value is -1.38. The van der Waals surface area contributed by atoms with Crippen molar-refractivity contribution in [2.24, 2.45) is 5.73 Å². The van der Waals surface area contributed by atoms with Crippen molar-refractivity contribution in [3.05, 3.63) is 35.9 Å². The number of likely N-dealkylation sites (N-methyl/N-ethyl adjacent to an activating group) is 1. The van der Waals surface area contributed by atoms with Crippen molar-refractivity contribution >= 4 is 36.6 Å². The maximum atomic E-state index is 12.7. The highest BCUT2D eigenvalue weighted by Gasteiger charge is 2.24. The van der Waals surface area contributed by atoms with E-state index in [1.165, 1.54) is 5.56 Å². The molecule has 0 bridgehead atoms. The van der Waals surface area contributed by atoms with E-state index < -0.39 is 0 Å². The van der Waals surface area contributed by atoms with Crippen LogP contribution in [0.1, 0.15) is 5.56 Å². The van der Waals surface area contributed by atoms with Gasteiger partial charge in [0.2, 0.25) is 11.8 Å². The second-order valence-corrected chi connectivity index (χ2v) is 7.25. The van der Waals surface area contributed by atoms with Crippen molar-refractivity contribution in [2.45, 2.75) is 6.42 Å². The SMILES string of the molecule is CN(C)C(=O)CN1CCN(C(=O)CN(CCN)CCc2ccccc2)CC1.Cl.Cl. The number of carbonyl (C=O) groups excluding carboxylic acids is 2. The van der Waals surface area contributed by atoms with Gasteiger partial charge in [-0.25, -0.2) is 0 Å². The van der Waals surface area contributed by atoms with E-state index in [-0.39, 0.29) is 36.6 Å². The highest BCUT2D eigenvalue weighted by atomic mass is 35.5. The van der Waals surface area contributed by atoms with Gasteiger partial charge in [0.25, 0.3) is 0 Å². The summed E-state index contributed by atoms with van der Waals surface area (Å²) in [5.74, 6) is 0.250. The van der Waals surface area contributed by atoms with Crippen LogP contribution < -0.4 is 5.73 Å². The summed E-state index contributed by atoms with van der Waals surface area (Å²) in [6, 6.07) is 10.3. The third kappa shape index (κ3) is 9.78. The normalized spacial score (nSPS) is 14.1. The van der Waals surface area contributed by atoms with Gasteiger partial charge in [0.1, 0.15) is 0 Å². The van der Waals surface area contributed by atoms with E-state index in [9.17, 15) is 9.59 Å². The van der Waals surface area contributed by atoms with E-state index in [2.05, 4.69) is 21.9 Å². The Labute approximate surface area is 187 Å². The van der Waals surface area contributed by atoms with E-state index in [1.807, 2.05) is 23.1 Å². The van der Waals surface area contributed by atoms with Crippen LogP contribution in [0.4, 0.5) is 0 Å². The Kier molecular flexibility index (Phi) is 13.9. The molecule has 0 radical (unpaired) electrons. The van der Waals surface area contributed by atoms with Crippen LogP contribution in [-0.4, -0.2) is 104 Å². The molecule has 0 aromatic heterocycles. The molecule has 0 spiro atoms. The lowest BCUT2D eigenvalue weighted by molar-refractivity contribution is -0.135. The maximum Gasteiger partial charge on any atom is 0.236 e. The molecule has 2 amide bonds. The number of piperazine rings is 1. The first-order valence-electron chi connectivity index (χ1n) is 9.66. The van der Waals surface area contributed by atoms with Crippen LogP contribution in [0.15, 0.2) is 30.3 Å². The van der Waals surface area contributed by atoms with Crippen LogP contribution in [0.25, 0.3) is 0 Å². The molecule has 1 aromatic rings. The highest BCUT2D eigenvalue weighted by molar-refractivity contribution is 5.85. The topological polar surface area (TPSA) is 73.1 Å². The van der Waals surface area contributed by atoms with Gasteiger partial charge < -0.3 is 15.5 Å². The summed E-state index contributed by atoms with van der Waals surface area (Å²) in [6.45, 7) is 5.75. The van der Waals surface area contributed by atoms with Crippen LogP contribution >= 0.6 is 24.8 Å². The Morgan fingerprint density at radius 3 is 2.17 bits per heavy atom. The summed E-state index contributed by atoms with van der Waals surface area (Å²) in [6.07, 6.45) is 0.911. The van der Waals surface area contributed by atoms with Crippen molar-refractivity contribution in [1.82, 2.24) is 19.6 Å². The molecule has 1 fully saturated rings. The third-order valence-electron chi connectivity index (χ3n) is 4.95. The third-order valence-corrected chi connectivity index (χ3v) is 4.95. The molecular weight excluding hydrogens is 413 g/mol. The van der Waals surface area contributed by atoms with Gasteiger partial charge in [-0.1, -0.05) is 30.3 Å². The molecule has 0 atom stereocenters. The van der Waals surface area contributed by atoms with Gasteiger partial charge >= 0.3 is 0 Å². The summed E-state index contributed by atoms with van der Waals surface area (Å²) in [5.41, 5.74) is 7.00. The van der Waals surface area contributed by atoms with Crippen LogP contribution in [-0.2, 0) is 16.0 Å². The molecule has 1 aromatic carbocycles. The Balaban J connectivity index is 0.00000392. The number of halogens is 2. The molecule has 9 heteroatoms. The van der Waals surface area contributed by atoms with E-state index in [4.69, 9.17) is 5.73 Å². The summed E-state index contributed by atoms with van der Waals surface area (Å²) < 4.78 is 0. The van der Waals surface area contributed by atoms with Gasteiger partial charge in [0.05, 0.1) is 13.1 Å². The van der Waals surface area contributed by atoms with Crippen molar-refractivity contribution in [2.75, 3.05) is 73.0 Å². The smallest absolute Gasteiger partial charge is 0.236 e. The molecule has 0 aliphatic carbocycles. The first-order chi connectivity index (χ1) is 13.0. The molecular formula is C20H35Cl2N5O2. The predicted octanol–water partition coefficient (Wildman–Crippen LogP) is 0.566. The summed E-state index contributed by atoms with van der Waals surface area (Å²) >= 11 is 0. The molecule has 2 N–H and O–H groups in total. The van der Waals surface area contributed by atoms with Crippen LogP contribution in [0.2, 0.25) is 0 Å². The molecule has 1 aliphatic rings. The number of hydrogen-bond acceptors (Lipinski definition) is 5. The van der Waals surface area contributed by atoms with E-state index in [1.54, 1.807) is 19.0 Å². The lowest BCUT2D eigenvalue weighted by atomic mass is 10.1. The van der Waals surface area contributed by atoms with Gasteiger partial charge in [0.15, 0.2) is 0 Å². The fourth-order valence-electron chi connectivity index (χ4n) is 3.16. The maximum absolute atomic E-state index is 12.7. The van der Waals surface area contributed by atoms with Gasteiger partial charge in [-0.3, -0.25) is 19.4 Å². The predicted molar refractivity (Wildman–Crippen MR) is 122 cm³/mol. The van der Waals surface area contributed by atoms with Gasteiger partial charge in [0, 0.05) is 59.9 Å².